The summed E-state index contributed by atoms with van der Waals surface area (Å²) < 4.78 is 42.6. The number of aromatic nitrogens is 1. The number of nitrogens with zero attached hydrogens (tertiary/aromatic N) is 2. The fraction of sp³-hybridized carbons (Fsp3) is 0.235. The van der Waals surface area contributed by atoms with Crippen LogP contribution in [-0.4, -0.2) is 27.2 Å². The van der Waals surface area contributed by atoms with E-state index in [9.17, 15) is 8.42 Å². The van der Waals surface area contributed by atoms with E-state index >= 15 is 0 Å². The average molecular weight is 378 g/mol. The standard InChI is InChI=1S/C17H18N2O4S2/c1-4-19-16-14(23-3)6-5-7-15(16)24-17(19)18-25(20,21)13-10-8-12(22-2)9-11-13/h5-11H,4H2,1-3H3/b18-17-. The highest BCUT2D eigenvalue weighted by atomic mass is 32.2. The Kier molecular flexibility index (Phi) is 4.82. The van der Waals surface area contributed by atoms with Gasteiger partial charge in [-0.2, -0.15) is 8.42 Å². The molecule has 0 spiro atoms. The van der Waals surface area contributed by atoms with Crippen LogP contribution in [0.4, 0.5) is 0 Å². The van der Waals surface area contributed by atoms with Gasteiger partial charge in [0.15, 0.2) is 0 Å². The molecule has 0 atom stereocenters. The lowest BCUT2D eigenvalue weighted by molar-refractivity contribution is 0.414. The van der Waals surface area contributed by atoms with Crippen LogP contribution in [0.2, 0.25) is 0 Å². The normalized spacial score (nSPS) is 12.5. The van der Waals surface area contributed by atoms with Gasteiger partial charge in [-0.05, 0) is 43.3 Å². The number of hydrogen-bond donors (Lipinski definition) is 0. The number of benzene rings is 2. The summed E-state index contributed by atoms with van der Waals surface area (Å²) >= 11 is 1.32. The van der Waals surface area contributed by atoms with E-state index in [2.05, 4.69) is 4.40 Å². The monoisotopic (exact) mass is 378 g/mol. The molecule has 0 amide bonds. The smallest absolute Gasteiger partial charge is 0.285 e. The summed E-state index contributed by atoms with van der Waals surface area (Å²) in [6, 6.07) is 11.8. The molecule has 0 N–H and O–H groups in total. The Bertz CT molecular complexity index is 1060. The SMILES string of the molecule is CCn1/c(=N/S(=O)(=O)c2ccc(OC)cc2)sc2cccc(OC)c21. The molecule has 0 fully saturated rings. The van der Waals surface area contributed by atoms with Crippen molar-refractivity contribution < 1.29 is 17.9 Å². The van der Waals surface area contributed by atoms with Gasteiger partial charge in [-0.15, -0.1) is 4.40 Å². The highest BCUT2D eigenvalue weighted by Crippen LogP contribution is 2.27. The first-order chi connectivity index (χ1) is 12.0. The van der Waals surface area contributed by atoms with Crippen LogP contribution in [0.1, 0.15) is 6.92 Å². The van der Waals surface area contributed by atoms with Gasteiger partial charge in [0, 0.05) is 6.54 Å². The molecule has 6 nitrogen and oxygen atoms in total. The summed E-state index contributed by atoms with van der Waals surface area (Å²) in [6.45, 7) is 2.52. The molecule has 0 saturated carbocycles. The number of fused-ring (bicyclic) bond motifs is 1. The molecule has 3 rings (SSSR count). The number of ether oxygens (including phenoxy) is 2. The van der Waals surface area contributed by atoms with Gasteiger partial charge >= 0.3 is 0 Å². The summed E-state index contributed by atoms with van der Waals surface area (Å²) in [4.78, 5) is 0.540. The van der Waals surface area contributed by atoms with Crippen molar-refractivity contribution in [1.29, 1.82) is 0 Å². The topological polar surface area (TPSA) is 69.9 Å². The Morgan fingerprint density at radius 2 is 1.80 bits per heavy atom. The van der Waals surface area contributed by atoms with Crippen molar-refractivity contribution in [3.05, 3.63) is 47.3 Å². The first-order valence-corrected chi connectivity index (χ1v) is 9.87. The van der Waals surface area contributed by atoms with Crippen LogP contribution in [0.25, 0.3) is 10.2 Å². The zero-order valence-corrected chi connectivity index (χ0v) is 15.7. The Labute approximate surface area is 150 Å². The van der Waals surface area contributed by atoms with Crippen molar-refractivity contribution >= 4 is 31.6 Å². The minimum atomic E-state index is -3.82. The maximum atomic E-state index is 12.7. The van der Waals surface area contributed by atoms with Crippen LogP contribution >= 0.6 is 11.3 Å². The minimum absolute atomic E-state index is 0.125. The molecule has 8 heteroatoms. The highest BCUT2D eigenvalue weighted by Gasteiger charge is 2.16. The van der Waals surface area contributed by atoms with E-state index in [-0.39, 0.29) is 4.90 Å². The molecule has 132 valence electrons. The lowest BCUT2D eigenvalue weighted by atomic mass is 10.3. The van der Waals surface area contributed by atoms with Crippen LogP contribution in [-0.2, 0) is 16.6 Å². The van der Waals surface area contributed by atoms with E-state index in [0.717, 1.165) is 10.2 Å². The van der Waals surface area contributed by atoms with Gasteiger partial charge in [0.2, 0.25) is 4.80 Å². The van der Waals surface area contributed by atoms with Gasteiger partial charge in [-0.1, -0.05) is 17.4 Å². The van der Waals surface area contributed by atoms with E-state index in [0.29, 0.717) is 22.8 Å². The number of methoxy groups -OCH3 is 2. The lowest BCUT2D eigenvalue weighted by Crippen LogP contribution is -2.16. The highest BCUT2D eigenvalue weighted by molar-refractivity contribution is 7.90. The molecule has 0 saturated heterocycles. The predicted molar refractivity (Wildman–Crippen MR) is 97.8 cm³/mol. The molecule has 2 aromatic carbocycles. The van der Waals surface area contributed by atoms with Crippen molar-refractivity contribution in [2.75, 3.05) is 14.2 Å². The van der Waals surface area contributed by atoms with Gasteiger partial charge < -0.3 is 14.0 Å². The molecular weight excluding hydrogens is 360 g/mol. The molecular formula is C17H18N2O4S2. The average Bonchev–Trinajstić information content (AvgIpc) is 2.98. The third kappa shape index (κ3) is 3.27. The number of sulfonamides is 1. The molecule has 1 heterocycles. The first-order valence-electron chi connectivity index (χ1n) is 7.61. The van der Waals surface area contributed by atoms with E-state index in [4.69, 9.17) is 9.47 Å². The maximum absolute atomic E-state index is 12.7. The number of para-hydroxylation sites is 1. The Hall–Kier alpha value is -2.32. The van der Waals surface area contributed by atoms with Gasteiger partial charge in [0.05, 0.1) is 23.8 Å². The van der Waals surface area contributed by atoms with Crippen LogP contribution in [0.5, 0.6) is 11.5 Å². The van der Waals surface area contributed by atoms with E-state index in [1.165, 1.54) is 30.6 Å². The zero-order valence-electron chi connectivity index (χ0n) is 14.1. The predicted octanol–water partition coefficient (Wildman–Crippen LogP) is 3.03. The van der Waals surface area contributed by atoms with Gasteiger partial charge in [0.25, 0.3) is 10.0 Å². The molecule has 0 aliphatic rings. The molecule has 3 aromatic rings. The van der Waals surface area contributed by atoms with Crippen molar-refractivity contribution in [2.45, 2.75) is 18.4 Å². The molecule has 0 aliphatic carbocycles. The van der Waals surface area contributed by atoms with Gasteiger partial charge in [-0.3, -0.25) is 0 Å². The lowest BCUT2D eigenvalue weighted by Gasteiger charge is -2.06. The van der Waals surface area contributed by atoms with Crippen molar-refractivity contribution in [3.63, 3.8) is 0 Å². The van der Waals surface area contributed by atoms with Crippen molar-refractivity contribution in [2.24, 2.45) is 4.40 Å². The van der Waals surface area contributed by atoms with Crippen LogP contribution in [0.15, 0.2) is 51.8 Å². The fourth-order valence-electron chi connectivity index (χ4n) is 2.53. The third-order valence-electron chi connectivity index (χ3n) is 3.76. The summed E-state index contributed by atoms with van der Waals surface area (Å²) in [5.41, 5.74) is 0.848. The number of rotatable bonds is 5. The zero-order chi connectivity index (χ0) is 18.0. The summed E-state index contributed by atoms with van der Waals surface area (Å²) in [6.07, 6.45) is 0. The Balaban J connectivity index is 2.20. The molecule has 0 bridgehead atoms. The second-order valence-corrected chi connectivity index (χ2v) is 7.79. The van der Waals surface area contributed by atoms with Crippen molar-refractivity contribution in [1.82, 2.24) is 4.57 Å². The number of hydrogen-bond acceptors (Lipinski definition) is 5. The molecule has 0 unspecified atom stereocenters. The number of thiazole rings is 1. The molecule has 0 radical (unpaired) electrons. The van der Waals surface area contributed by atoms with E-state index in [1.807, 2.05) is 29.7 Å². The largest absolute Gasteiger partial charge is 0.497 e. The Morgan fingerprint density at radius 3 is 2.40 bits per heavy atom. The summed E-state index contributed by atoms with van der Waals surface area (Å²) in [5.74, 6) is 1.29. The summed E-state index contributed by atoms with van der Waals surface area (Å²) in [5, 5.41) is 0. The molecule has 0 aliphatic heterocycles. The molecule has 1 aromatic heterocycles. The van der Waals surface area contributed by atoms with Gasteiger partial charge in [0.1, 0.15) is 17.0 Å². The van der Waals surface area contributed by atoms with Crippen molar-refractivity contribution in [3.8, 4) is 11.5 Å². The van der Waals surface area contributed by atoms with Gasteiger partial charge in [-0.25, -0.2) is 0 Å². The van der Waals surface area contributed by atoms with E-state index in [1.54, 1.807) is 19.2 Å². The Morgan fingerprint density at radius 1 is 1.08 bits per heavy atom. The third-order valence-corrected chi connectivity index (χ3v) is 6.20. The van der Waals surface area contributed by atoms with Crippen LogP contribution in [0.3, 0.4) is 0 Å². The van der Waals surface area contributed by atoms with E-state index < -0.39 is 10.0 Å². The second kappa shape index (κ2) is 6.89. The quantitative estimate of drug-likeness (QED) is 0.684. The fourth-order valence-corrected chi connectivity index (χ4v) is 4.84. The molecule has 25 heavy (non-hydrogen) atoms. The maximum Gasteiger partial charge on any atom is 0.285 e. The summed E-state index contributed by atoms with van der Waals surface area (Å²) in [7, 11) is -0.695. The minimum Gasteiger partial charge on any atom is -0.497 e. The first kappa shape index (κ1) is 17.5. The number of aryl methyl sites for hydroxylation is 1. The second-order valence-electron chi connectivity index (χ2n) is 5.18. The van der Waals surface area contributed by atoms with Crippen LogP contribution in [0, 0.1) is 0 Å². The van der Waals surface area contributed by atoms with Crippen LogP contribution < -0.4 is 14.3 Å².